The van der Waals surface area contributed by atoms with Crippen LogP contribution in [0.1, 0.15) is 96.8 Å². The van der Waals surface area contributed by atoms with Gasteiger partial charge in [-0.25, -0.2) is 0 Å². The van der Waals surface area contributed by atoms with Gasteiger partial charge in [0, 0.05) is 12.8 Å². The molecule has 0 bridgehead atoms. The van der Waals surface area contributed by atoms with Gasteiger partial charge in [0.25, 0.3) is 0 Å². The van der Waals surface area contributed by atoms with Gasteiger partial charge >= 0.3 is 0 Å². The highest BCUT2D eigenvalue weighted by Gasteiger charge is 2.22. The molecule has 0 aliphatic heterocycles. The molecule has 0 saturated carbocycles. The molecule has 0 aromatic rings. The molecule has 30 heavy (non-hydrogen) atoms. The normalized spacial score (nSPS) is 13.2. The lowest BCUT2D eigenvalue weighted by atomic mass is 10.1. The van der Waals surface area contributed by atoms with Crippen molar-refractivity contribution in [1.29, 1.82) is 0 Å². The van der Waals surface area contributed by atoms with E-state index >= 15 is 0 Å². The second-order valence-electron chi connectivity index (χ2n) is 9.52. The summed E-state index contributed by atoms with van der Waals surface area (Å²) < 4.78 is 6.16. The third kappa shape index (κ3) is 22.4. The van der Waals surface area contributed by atoms with Gasteiger partial charge in [0.1, 0.15) is 14.7 Å². The summed E-state index contributed by atoms with van der Waals surface area (Å²) in [5.74, 6) is 0. The fourth-order valence-electron chi connectivity index (χ4n) is 3.32. The molecular formula is C25H51NO3P+. The van der Waals surface area contributed by atoms with Gasteiger partial charge in [0.2, 0.25) is 5.52 Å². The van der Waals surface area contributed by atoms with Crippen molar-refractivity contribution in [2.75, 3.05) is 47.1 Å². The molecule has 0 heterocycles. The van der Waals surface area contributed by atoms with E-state index in [1.54, 1.807) is 0 Å². The smallest absolute Gasteiger partial charge is 0.235 e. The Kier molecular flexibility index (Phi) is 20.4. The van der Waals surface area contributed by atoms with Crippen molar-refractivity contribution in [2.45, 2.75) is 96.8 Å². The maximum Gasteiger partial charge on any atom is 0.235 e. The average Bonchev–Trinajstić information content (AvgIpc) is 2.68. The highest BCUT2D eigenvalue weighted by atomic mass is 31.1. The van der Waals surface area contributed by atoms with E-state index in [1.807, 2.05) is 21.1 Å². The molecule has 0 aliphatic carbocycles. The molecule has 0 spiro atoms. The van der Waals surface area contributed by atoms with Crippen LogP contribution in [0.25, 0.3) is 0 Å². The van der Waals surface area contributed by atoms with E-state index in [0.717, 1.165) is 13.0 Å². The maximum atomic E-state index is 11.9. The van der Waals surface area contributed by atoms with E-state index in [1.165, 1.54) is 83.5 Å². The third-order valence-corrected chi connectivity index (χ3v) is 6.47. The van der Waals surface area contributed by atoms with Gasteiger partial charge in [-0.1, -0.05) is 76.9 Å². The molecular weight excluding hydrogens is 393 g/mol. The van der Waals surface area contributed by atoms with Gasteiger partial charge in [0.15, 0.2) is 0 Å². The topological polar surface area (TPSA) is 46.5 Å². The molecule has 4 nitrogen and oxygen atoms in total. The molecule has 1 atom stereocenters. The van der Waals surface area contributed by atoms with Crippen LogP contribution in [-0.4, -0.2) is 62.0 Å². The Morgan fingerprint density at radius 2 is 1.30 bits per heavy atom. The Balaban J connectivity index is 3.29. The third-order valence-electron chi connectivity index (χ3n) is 5.15. The van der Waals surface area contributed by atoms with E-state index in [9.17, 15) is 9.69 Å². The molecule has 1 N–H and O–H groups in total. The zero-order valence-corrected chi connectivity index (χ0v) is 21.4. The molecule has 0 fully saturated rings. The summed E-state index contributed by atoms with van der Waals surface area (Å²) >= 11 is 0. The van der Waals surface area contributed by atoms with Crippen LogP contribution < -0.4 is 0 Å². The van der Waals surface area contributed by atoms with Crippen molar-refractivity contribution >= 4 is 13.7 Å². The fourth-order valence-corrected chi connectivity index (χ4v) is 4.46. The summed E-state index contributed by atoms with van der Waals surface area (Å²) in [7, 11) is 4.36. The minimum Gasteiger partial charge on any atom is -0.381 e. The van der Waals surface area contributed by atoms with Crippen molar-refractivity contribution in [1.82, 2.24) is 0 Å². The summed E-state index contributed by atoms with van der Waals surface area (Å²) in [6.07, 6.45) is 23.5. The van der Waals surface area contributed by atoms with E-state index in [0.29, 0.717) is 23.8 Å². The Labute approximate surface area is 188 Å². The van der Waals surface area contributed by atoms with Crippen LogP contribution in [0.5, 0.6) is 0 Å². The summed E-state index contributed by atoms with van der Waals surface area (Å²) in [5.41, 5.74) is -0.0293. The van der Waals surface area contributed by atoms with Crippen LogP contribution >= 0.6 is 8.15 Å². The monoisotopic (exact) mass is 444 g/mol. The Morgan fingerprint density at radius 1 is 0.800 bits per heavy atom. The lowest BCUT2D eigenvalue weighted by Crippen LogP contribution is -2.39. The van der Waals surface area contributed by atoms with E-state index in [2.05, 4.69) is 19.1 Å². The number of quaternary nitrogens is 1. The molecule has 0 amide bonds. The predicted molar refractivity (Wildman–Crippen MR) is 132 cm³/mol. The first kappa shape index (κ1) is 29.7. The Hall–Kier alpha value is -0.280. The van der Waals surface area contributed by atoms with Gasteiger partial charge < -0.3 is 14.1 Å². The number of ether oxygens (including phenoxy) is 1. The first-order chi connectivity index (χ1) is 14.4. The minimum atomic E-state index is -1.54. The molecule has 0 aromatic heterocycles. The largest absolute Gasteiger partial charge is 0.381 e. The quantitative estimate of drug-likeness (QED) is 0.0878. The lowest BCUT2D eigenvalue weighted by molar-refractivity contribution is -0.861. The van der Waals surface area contributed by atoms with Crippen molar-refractivity contribution < 1.29 is 18.9 Å². The van der Waals surface area contributed by atoms with Crippen molar-refractivity contribution in [3.8, 4) is 0 Å². The number of nitrogens with zero attached hydrogens (tertiary/aromatic N) is 1. The molecule has 0 saturated heterocycles. The van der Waals surface area contributed by atoms with Crippen molar-refractivity contribution in [2.24, 2.45) is 0 Å². The van der Waals surface area contributed by atoms with E-state index in [4.69, 9.17) is 4.74 Å². The van der Waals surface area contributed by atoms with Crippen molar-refractivity contribution in [3.05, 3.63) is 12.2 Å². The summed E-state index contributed by atoms with van der Waals surface area (Å²) in [6, 6.07) is 0. The maximum absolute atomic E-state index is 11.9. The number of hydrogen-bond donors (Lipinski definition) is 1. The van der Waals surface area contributed by atoms with Crippen LogP contribution in [0.15, 0.2) is 12.2 Å². The number of allylic oxidation sites excluding steroid dienone is 2. The fraction of sp³-hybridized carbons (Fsp3) is 0.880. The van der Waals surface area contributed by atoms with Crippen LogP contribution in [0.3, 0.4) is 0 Å². The first-order valence-electron chi connectivity index (χ1n) is 12.4. The van der Waals surface area contributed by atoms with Gasteiger partial charge in [-0.2, -0.15) is 0 Å². The van der Waals surface area contributed by atoms with Gasteiger partial charge in [-0.05, 0) is 32.1 Å². The molecule has 0 aliphatic rings. The molecule has 0 aromatic carbocycles. The predicted octanol–water partition coefficient (Wildman–Crippen LogP) is 6.66. The standard InChI is InChI=1S/C25H51NO3P/c1-5-6-7-8-9-10-11-12-13-14-15-16-17-18-19-20-21-29-22-23-30(28)25(27)24-26(2,3)4/h12-13,28H,5-11,14-24H2,1-4H3/q+1/b13-12+. The number of carbonyl (C=O) groups excluding carboxylic acids is 1. The number of rotatable bonds is 22. The van der Waals surface area contributed by atoms with Crippen LogP contribution in [0.2, 0.25) is 0 Å². The number of carbonyl (C=O) groups is 1. The molecule has 178 valence electrons. The van der Waals surface area contributed by atoms with Crippen LogP contribution in [0, 0.1) is 0 Å². The van der Waals surface area contributed by atoms with Crippen LogP contribution in [0.4, 0.5) is 0 Å². The molecule has 1 unspecified atom stereocenters. The highest BCUT2D eigenvalue weighted by Crippen LogP contribution is 2.30. The zero-order valence-electron chi connectivity index (χ0n) is 20.5. The summed E-state index contributed by atoms with van der Waals surface area (Å²) in [6.45, 7) is 3.90. The first-order valence-corrected chi connectivity index (χ1v) is 13.9. The summed E-state index contributed by atoms with van der Waals surface area (Å²) in [4.78, 5) is 21.8. The van der Waals surface area contributed by atoms with Gasteiger partial charge in [-0.3, -0.25) is 4.79 Å². The molecule has 0 radical (unpaired) electrons. The van der Waals surface area contributed by atoms with E-state index < -0.39 is 8.15 Å². The molecule has 0 rings (SSSR count). The van der Waals surface area contributed by atoms with Crippen molar-refractivity contribution in [3.63, 3.8) is 0 Å². The second-order valence-corrected chi connectivity index (χ2v) is 11.3. The van der Waals surface area contributed by atoms with Gasteiger partial charge in [0.05, 0.1) is 27.7 Å². The number of hydrogen-bond acceptors (Lipinski definition) is 3. The minimum absolute atomic E-state index is 0.0293. The van der Waals surface area contributed by atoms with Crippen LogP contribution in [-0.2, 0) is 9.53 Å². The number of likely N-dealkylation sites (N-methyl/N-ethyl adjacent to an activating group) is 1. The Morgan fingerprint density at radius 3 is 1.83 bits per heavy atom. The Bertz CT molecular complexity index is 421. The average molecular weight is 445 g/mol. The van der Waals surface area contributed by atoms with Gasteiger partial charge in [-0.15, -0.1) is 0 Å². The van der Waals surface area contributed by atoms with E-state index in [-0.39, 0.29) is 5.52 Å². The summed E-state index contributed by atoms with van der Waals surface area (Å²) in [5, 5.41) is 0. The second kappa shape index (κ2) is 20.6. The zero-order chi connectivity index (χ0) is 22.5. The SMILES string of the molecule is CCCCCCCC/C=C/CCCCCCCCOCCP(O)C(=O)C[N+](C)(C)C. The number of unbranched alkanes of at least 4 members (excludes halogenated alkanes) is 12. The lowest BCUT2D eigenvalue weighted by Gasteiger charge is -2.23. The highest BCUT2D eigenvalue weighted by molar-refractivity contribution is 7.69. The molecule has 5 heteroatoms.